The molecule has 0 amide bonds. The lowest BCUT2D eigenvalue weighted by Gasteiger charge is -2.37. The highest BCUT2D eigenvalue weighted by atomic mass is 16.5. The summed E-state index contributed by atoms with van der Waals surface area (Å²) in [4.78, 5) is 0. The third-order valence-electron chi connectivity index (χ3n) is 3.95. The molecule has 0 spiro atoms. The first-order valence-electron chi connectivity index (χ1n) is 7.23. The van der Waals surface area contributed by atoms with Crippen molar-refractivity contribution in [2.24, 2.45) is 5.41 Å². The van der Waals surface area contributed by atoms with Gasteiger partial charge in [0.25, 0.3) is 0 Å². The topological polar surface area (TPSA) is 30.5 Å². The molecule has 2 aliphatic rings. The molecule has 17 heavy (non-hydrogen) atoms. The van der Waals surface area contributed by atoms with Gasteiger partial charge in [0, 0.05) is 37.8 Å². The van der Waals surface area contributed by atoms with Crippen LogP contribution >= 0.6 is 0 Å². The van der Waals surface area contributed by atoms with Gasteiger partial charge >= 0.3 is 0 Å². The molecule has 1 saturated carbocycles. The van der Waals surface area contributed by atoms with E-state index in [0.29, 0.717) is 5.41 Å². The van der Waals surface area contributed by atoms with E-state index >= 15 is 0 Å². The Kier molecular flexibility index (Phi) is 5.26. The molecule has 0 aromatic heterocycles. The van der Waals surface area contributed by atoms with Gasteiger partial charge in [-0.3, -0.25) is 0 Å². The van der Waals surface area contributed by atoms with E-state index in [1.54, 1.807) is 0 Å². The molecule has 2 fully saturated rings. The maximum absolute atomic E-state index is 5.71. The van der Waals surface area contributed by atoms with Crippen LogP contribution in [0.3, 0.4) is 0 Å². The highest BCUT2D eigenvalue weighted by Gasteiger charge is 2.34. The monoisotopic (exact) mass is 241 g/mol. The van der Waals surface area contributed by atoms with E-state index < -0.39 is 0 Å². The number of rotatable bonds is 8. The summed E-state index contributed by atoms with van der Waals surface area (Å²) in [5, 5.41) is 3.69. The van der Waals surface area contributed by atoms with Crippen molar-refractivity contribution in [3.05, 3.63) is 0 Å². The van der Waals surface area contributed by atoms with Crippen LogP contribution in [-0.2, 0) is 9.47 Å². The van der Waals surface area contributed by atoms with Crippen molar-refractivity contribution in [1.29, 1.82) is 0 Å². The molecular weight excluding hydrogens is 214 g/mol. The fraction of sp³-hybridized carbons (Fsp3) is 1.00. The molecule has 1 saturated heterocycles. The van der Waals surface area contributed by atoms with Gasteiger partial charge in [0.2, 0.25) is 0 Å². The second-order valence-electron chi connectivity index (χ2n) is 5.61. The van der Waals surface area contributed by atoms with Gasteiger partial charge in [-0.05, 0) is 45.4 Å². The molecule has 1 unspecified atom stereocenters. The standard InChI is InChI=1S/C14H27NO2/c1-2-16-9-3-7-14(8-4-10-17-12-14)11-15-13-5-6-13/h13,15H,2-12H2,1H3. The molecule has 3 nitrogen and oxygen atoms in total. The third-order valence-corrected chi connectivity index (χ3v) is 3.95. The predicted octanol–water partition coefficient (Wildman–Crippen LogP) is 2.35. The molecular formula is C14H27NO2. The van der Waals surface area contributed by atoms with Gasteiger partial charge in [-0.2, -0.15) is 0 Å². The van der Waals surface area contributed by atoms with Crippen molar-refractivity contribution in [2.75, 3.05) is 33.0 Å². The van der Waals surface area contributed by atoms with Gasteiger partial charge in [-0.15, -0.1) is 0 Å². The maximum atomic E-state index is 5.71. The Morgan fingerprint density at radius 3 is 2.94 bits per heavy atom. The Bertz CT molecular complexity index is 210. The Balaban J connectivity index is 1.73. The molecule has 1 aliphatic heterocycles. The van der Waals surface area contributed by atoms with Gasteiger partial charge in [0.1, 0.15) is 0 Å². The Morgan fingerprint density at radius 2 is 2.29 bits per heavy atom. The normalized spacial score (nSPS) is 29.5. The molecule has 1 atom stereocenters. The summed E-state index contributed by atoms with van der Waals surface area (Å²) in [7, 11) is 0. The average Bonchev–Trinajstić information content (AvgIpc) is 3.18. The minimum absolute atomic E-state index is 0.387. The molecule has 0 radical (unpaired) electrons. The fourth-order valence-corrected chi connectivity index (χ4v) is 2.68. The second kappa shape index (κ2) is 6.72. The van der Waals surface area contributed by atoms with Crippen LogP contribution in [0.5, 0.6) is 0 Å². The van der Waals surface area contributed by atoms with Crippen molar-refractivity contribution in [2.45, 2.75) is 51.5 Å². The number of nitrogens with one attached hydrogen (secondary N) is 1. The number of hydrogen-bond donors (Lipinski definition) is 1. The van der Waals surface area contributed by atoms with E-state index in [-0.39, 0.29) is 0 Å². The minimum Gasteiger partial charge on any atom is -0.382 e. The van der Waals surface area contributed by atoms with Gasteiger partial charge in [0.05, 0.1) is 6.61 Å². The quantitative estimate of drug-likeness (QED) is 0.662. The van der Waals surface area contributed by atoms with Crippen molar-refractivity contribution in [3.8, 4) is 0 Å². The first-order valence-corrected chi connectivity index (χ1v) is 7.23. The zero-order valence-corrected chi connectivity index (χ0v) is 11.2. The van der Waals surface area contributed by atoms with E-state index in [9.17, 15) is 0 Å². The van der Waals surface area contributed by atoms with E-state index in [2.05, 4.69) is 12.2 Å². The van der Waals surface area contributed by atoms with Crippen molar-refractivity contribution >= 4 is 0 Å². The largest absolute Gasteiger partial charge is 0.382 e. The number of hydrogen-bond acceptors (Lipinski definition) is 3. The van der Waals surface area contributed by atoms with Crippen LogP contribution in [0.15, 0.2) is 0 Å². The summed E-state index contributed by atoms with van der Waals surface area (Å²) in [5.74, 6) is 0. The lowest BCUT2D eigenvalue weighted by Crippen LogP contribution is -2.42. The Labute approximate surface area is 105 Å². The highest BCUT2D eigenvalue weighted by molar-refractivity contribution is 4.89. The SMILES string of the molecule is CCOCCCC1(CNC2CC2)CCCOC1. The molecule has 100 valence electrons. The van der Waals surface area contributed by atoms with Crippen LogP contribution in [-0.4, -0.2) is 39.0 Å². The van der Waals surface area contributed by atoms with Crippen molar-refractivity contribution in [3.63, 3.8) is 0 Å². The van der Waals surface area contributed by atoms with Gasteiger partial charge in [-0.1, -0.05) is 0 Å². The average molecular weight is 241 g/mol. The van der Waals surface area contributed by atoms with E-state index in [4.69, 9.17) is 9.47 Å². The molecule has 1 aliphatic carbocycles. The number of ether oxygens (including phenoxy) is 2. The van der Waals surface area contributed by atoms with E-state index in [1.165, 1.54) is 38.5 Å². The lowest BCUT2D eigenvalue weighted by molar-refractivity contribution is -0.0169. The van der Waals surface area contributed by atoms with Gasteiger partial charge in [0.15, 0.2) is 0 Å². The third kappa shape index (κ3) is 4.57. The summed E-state index contributed by atoms with van der Waals surface area (Å²) in [6.45, 7) is 6.85. The summed E-state index contributed by atoms with van der Waals surface area (Å²) in [6, 6.07) is 0.806. The smallest absolute Gasteiger partial charge is 0.0534 e. The molecule has 1 heterocycles. The van der Waals surface area contributed by atoms with Crippen LogP contribution in [0.1, 0.15) is 45.4 Å². The van der Waals surface area contributed by atoms with E-state index in [1.807, 2.05) is 0 Å². The van der Waals surface area contributed by atoms with Crippen LogP contribution in [0.2, 0.25) is 0 Å². The van der Waals surface area contributed by atoms with Crippen LogP contribution in [0, 0.1) is 5.41 Å². The fourth-order valence-electron chi connectivity index (χ4n) is 2.68. The zero-order chi connectivity index (χ0) is 12.0. The molecule has 3 heteroatoms. The second-order valence-corrected chi connectivity index (χ2v) is 5.61. The Hall–Kier alpha value is -0.120. The summed E-state index contributed by atoms with van der Waals surface area (Å²) >= 11 is 0. The van der Waals surface area contributed by atoms with Crippen LogP contribution in [0.4, 0.5) is 0 Å². The van der Waals surface area contributed by atoms with Gasteiger partial charge in [-0.25, -0.2) is 0 Å². The van der Waals surface area contributed by atoms with E-state index in [0.717, 1.165) is 39.0 Å². The van der Waals surface area contributed by atoms with Crippen LogP contribution < -0.4 is 5.32 Å². The first-order chi connectivity index (χ1) is 8.35. The first kappa shape index (κ1) is 13.3. The highest BCUT2D eigenvalue weighted by Crippen LogP contribution is 2.34. The summed E-state index contributed by atoms with van der Waals surface area (Å²) in [5.41, 5.74) is 0.387. The molecule has 0 bridgehead atoms. The molecule has 1 N–H and O–H groups in total. The molecule has 0 aromatic carbocycles. The summed E-state index contributed by atoms with van der Waals surface area (Å²) in [6.07, 6.45) is 7.70. The van der Waals surface area contributed by atoms with Crippen molar-refractivity contribution in [1.82, 2.24) is 5.32 Å². The zero-order valence-electron chi connectivity index (χ0n) is 11.2. The van der Waals surface area contributed by atoms with Gasteiger partial charge < -0.3 is 14.8 Å². The lowest BCUT2D eigenvalue weighted by atomic mass is 9.78. The summed E-state index contributed by atoms with van der Waals surface area (Å²) < 4.78 is 11.2. The van der Waals surface area contributed by atoms with Crippen molar-refractivity contribution < 1.29 is 9.47 Å². The molecule has 2 rings (SSSR count). The van der Waals surface area contributed by atoms with Crippen LogP contribution in [0.25, 0.3) is 0 Å². The molecule has 0 aromatic rings. The Morgan fingerprint density at radius 1 is 1.41 bits per heavy atom. The maximum Gasteiger partial charge on any atom is 0.0534 e. The minimum atomic E-state index is 0.387. The predicted molar refractivity (Wildman–Crippen MR) is 69.2 cm³/mol.